The van der Waals surface area contributed by atoms with E-state index in [0.29, 0.717) is 4.70 Å². The fourth-order valence-corrected chi connectivity index (χ4v) is 5.67. The standard InChI is InChI=1S/C15H16F3N3O3S2/c16-15(17,18)14(23,12-9-3-1-2-4-11(9)25-20-12)6-8-26(24)7-5-10(19)13(22)21-26/h1-4,10,23H,5-8,19H2/t10-,14-,26+/m0/s1. The Kier molecular flexibility index (Phi) is 4.84. The van der Waals surface area contributed by atoms with Crippen LogP contribution in [-0.4, -0.2) is 43.3 Å². The quantitative estimate of drug-likeness (QED) is 0.808. The maximum atomic E-state index is 13.7. The Morgan fingerprint density at radius 2 is 2.04 bits per heavy atom. The van der Waals surface area contributed by atoms with Gasteiger partial charge in [-0.2, -0.15) is 21.9 Å². The lowest BCUT2D eigenvalue weighted by atomic mass is 9.93. The molecule has 142 valence electrons. The van der Waals surface area contributed by atoms with Gasteiger partial charge in [-0.3, -0.25) is 4.79 Å². The third-order valence-electron chi connectivity index (χ3n) is 4.34. The first-order valence-corrected chi connectivity index (χ1v) is 10.3. The number of fused-ring (bicyclic) bond motifs is 1. The van der Waals surface area contributed by atoms with Crippen molar-refractivity contribution in [2.24, 2.45) is 10.1 Å². The molecule has 3 N–H and O–H groups in total. The Morgan fingerprint density at radius 3 is 2.69 bits per heavy atom. The first-order chi connectivity index (χ1) is 12.1. The second-order valence-corrected chi connectivity index (χ2v) is 9.49. The molecule has 1 aliphatic heterocycles. The summed E-state index contributed by atoms with van der Waals surface area (Å²) in [6, 6.07) is 5.37. The zero-order valence-electron chi connectivity index (χ0n) is 13.4. The highest BCUT2D eigenvalue weighted by Gasteiger charge is 2.57. The van der Waals surface area contributed by atoms with E-state index < -0.39 is 51.3 Å². The molecule has 0 spiro atoms. The molecule has 2 aromatic rings. The molecule has 1 aliphatic rings. The lowest BCUT2D eigenvalue weighted by Crippen LogP contribution is -2.45. The van der Waals surface area contributed by atoms with Crippen LogP contribution < -0.4 is 5.73 Å². The predicted molar refractivity (Wildman–Crippen MR) is 92.1 cm³/mol. The fraction of sp³-hybridized carbons (Fsp3) is 0.467. The highest BCUT2D eigenvalue weighted by molar-refractivity contribution is 7.93. The van der Waals surface area contributed by atoms with Crippen molar-refractivity contribution in [1.29, 1.82) is 0 Å². The zero-order valence-corrected chi connectivity index (χ0v) is 15.0. The number of nitrogens with zero attached hydrogens (tertiary/aromatic N) is 2. The van der Waals surface area contributed by atoms with Crippen molar-refractivity contribution in [1.82, 2.24) is 4.37 Å². The molecule has 3 rings (SSSR count). The summed E-state index contributed by atoms with van der Waals surface area (Å²) in [5.41, 5.74) is 1.68. The van der Waals surface area contributed by atoms with Crippen LogP contribution in [0.4, 0.5) is 13.2 Å². The van der Waals surface area contributed by atoms with E-state index >= 15 is 0 Å². The van der Waals surface area contributed by atoms with Crippen molar-refractivity contribution in [2.75, 3.05) is 11.5 Å². The Hall–Kier alpha value is -1.56. The molecule has 1 amide bonds. The largest absolute Gasteiger partial charge is 0.423 e. The number of aliphatic hydroxyl groups is 1. The third kappa shape index (κ3) is 3.36. The summed E-state index contributed by atoms with van der Waals surface area (Å²) in [5.74, 6) is -1.44. The minimum Gasteiger partial charge on any atom is -0.375 e. The second-order valence-electron chi connectivity index (χ2n) is 6.14. The number of amides is 1. The third-order valence-corrected chi connectivity index (χ3v) is 7.40. The molecule has 11 heteroatoms. The molecule has 2 heterocycles. The summed E-state index contributed by atoms with van der Waals surface area (Å²) in [7, 11) is -3.20. The van der Waals surface area contributed by atoms with Gasteiger partial charge in [0.05, 0.1) is 20.5 Å². The van der Waals surface area contributed by atoms with Crippen molar-refractivity contribution < 1.29 is 27.3 Å². The Labute approximate surface area is 151 Å². The minimum atomic E-state index is -5.03. The van der Waals surface area contributed by atoms with E-state index in [9.17, 15) is 27.3 Å². The van der Waals surface area contributed by atoms with Crippen molar-refractivity contribution in [2.45, 2.75) is 30.7 Å². The van der Waals surface area contributed by atoms with Crippen LogP contribution in [0.1, 0.15) is 18.5 Å². The monoisotopic (exact) mass is 407 g/mol. The smallest absolute Gasteiger partial charge is 0.375 e. The molecule has 0 radical (unpaired) electrons. The lowest BCUT2D eigenvalue weighted by molar-refractivity contribution is -0.268. The average Bonchev–Trinajstić information content (AvgIpc) is 3.00. The van der Waals surface area contributed by atoms with Crippen LogP contribution in [-0.2, 0) is 20.1 Å². The van der Waals surface area contributed by atoms with Gasteiger partial charge < -0.3 is 10.8 Å². The highest BCUT2D eigenvalue weighted by Crippen LogP contribution is 2.44. The molecule has 26 heavy (non-hydrogen) atoms. The number of carbonyl (C=O) groups is 1. The molecule has 0 saturated carbocycles. The van der Waals surface area contributed by atoms with Crippen LogP contribution in [0, 0.1) is 0 Å². The summed E-state index contributed by atoms with van der Waals surface area (Å²) in [4.78, 5) is 11.6. The van der Waals surface area contributed by atoms with Gasteiger partial charge in [0.1, 0.15) is 5.69 Å². The molecule has 0 bridgehead atoms. The van der Waals surface area contributed by atoms with Gasteiger partial charge in [0.25, 0.3) is 5.91 Å². The summed E-state index contributed by atoms with van der Waals surface area (Å²) in [6.07, 6.45) is -5.85. The maximum Gasteiger partial charge on any atom is 0.423 e. The summed E-state index contributed by atoms with van der Waals surface area (Å²) in [6.45, 7) is 0. The molecule has 0 aliphatic carbocycles. The lowest BCUT2D eigenvalue weighted by Gasteiger charge is -2.30. The number of rotatable bonds is 4. The molecule has 0 fully saturated rings. The number of nitrogens with two attached hydrogens (primary N) is 1. The van der Waals surface area contributed by atoms with Crippen molar-refractivity contribution in [3.63, 3.8) is 0 Å². The van der Waals surface area contributed by atoms with Crippen LogP contribution >= 0.6 is 11.5 Å². The van der Waals surface area contributed by atoms with E-state index in [2.05, 4.69) is 8.74 Å². The van der Waals surface area contributed by atoms with Gasteiger partial charge >= 0.3 is 6.18 Å². The van der Waals surface area contributed by atoms with Gasteiger partial charge in [-0.15, -0.1) is 0 Å². The normalized spacial score (nSPS) is 26.5. The van der Waals surface area contributed by atoms with Gasteiger partial charge in [0, 0.05) is 23.3 Å². The molecule has 1 aromatic heterocycles. The SMILES string of the molecule is N[C@H]1CC[S@@](=O)(CC[C@](O)(c2nsc3ccccc23)C(F)(F)F)=NC1=O. The van der Waals surface area contributed by atoms with E-state index in [1.165, 1.54) is 6.07 Å². The minimum absolute atomic E-state index is 0.0777. The molecule has 3 atom stereocenters. The molecular weight excluding hydrogens is 391 g/mol. The van der Waals surface area contributed by atoms with E-state index in [4.69, 9.17) is 5.73 Å². The van der Waals surface area contributed by atoms with Crippen LogP contribution in [0.2, 0.25) is 0 Å². The Morgan fingerprint density at radius 1 is 1.35 bits per heavy atom. The molecule has 1 aromatic carbocycles. The van der Waals surface area contributed by atoms with Crippen LogP contribution in [0.15, 0.2) is 28.6 Å². The summed E-state index contributed by atoms with van der Waals surface area (Å²) in [5, 5.41) is 10.7. The van der Waals surface area contributed by atoms with Gasteiger partial charge in [0.15, 0.2) is 0 Å². The van der Waals surface area contributed by atoms with Crippen LogP contribution in [0.3, 0.4) is 0 Å². The van der Waals surface area contributed by atoms with Crippen LogP contribution in [0.5, 0.6) is 0 Å². The molecule has 0 saturated heterocycles. The van der Waals surface area contributed by atoms with E-state index in [1.54, 1.807) is 18.2 Å². The maximum absolute atomic E-state index is 13.7. The first kappa shape index (κ1) is 19.2. The van der Waals surface area contributed by atoms with E-state index in [-0.39, 0.29) is 17.6 Å². The van der Waals surface area contributed by atoms with Crippen LogP contribution in [0.25, 0.3) is 10.1 Å². The Bertz CT molecular complexity index is 966. The van der Waals surface area contributed by atoms with Gasteiger partial charge in [-0.25, -0.2) is 4.21 Å². The van der Waals surface area contributed by atoms with Crippen molar-refractivity contribution in [3.05, 3.63) is 30.0 Å². The van der Waals surface area contributed by atoms with Crippen molar-refractivity contribution >= 4 is 37.3 Å². The van der Waals surface area contributed by atoms with Gasteiger partial charge in [-0.1, -0.05) is 18.2 Å². The number of alkyl halides is 3. The van der Waals surface area contributed by atoms with Gasteiger partial charge in [-0.05, 0) is 24.0 Å². The van der Waals surface area contributed by atoms with E-state index in [0.717, 1.165) is 11.5 Å². The number of carbonyl (C=O) groups excluding carboxylic acids is 1. The molecular formula is C15H16F3N3O3S2. The second kappa shape index (κ2) is 6.55. The summed E-state index contributed by atoms with van der Waals surface area (Å²) < 4.78 is 61.6. The number of benzene rings is 1. The van der Waals surface area contributed by atoms with E-state index in [1.807, 2.05) is 0 Å². The van der Waals surface area contributed by atoms with Crippen molar-refractivity contribution in [3.8, 4) is 0 Å². The van der Waals surface area contributed by atoms with Gasteiger partial charge in [0.2, 0.25) is 5.60 Å². The Balaban J connectivity index is 1.99. The molecule has 0 unspecified atom stereocenters. The number of halogens is 3. The number of aromatic nitrogens is 1. The zero-order chi connectivity index (χ0) is 19.2. The first-order valence-electron chi connectivity index (χ1n) is 7.72. The predicted octanol–water partition coefficient (Wildman–Crippen LogP) is 2.16. The number of hydrogen-bond donors (Lipinski definition) is 2. The highest BCUT2D eigenvalue weighted by atomic mass is 32.2. The number of hydrogen-bond acceptors (Lipinski definition) is 6. The average molecular weight is 407 g/mol. The summed E-state index contributed by atoms with van der Waals surface area (Å²) >= 11 is 0.843. The fourth-order valence-electron chi connectivity index (χ4n) is 2.75. The molecule has 6 nitrogen and oxygen atoms in total. The topological polar surface area (TPSA) is 106 Å².